The second-order valence-corrected chi connectivity index (χ2v) is 3.68. The van der Waals surface area contributed by atoms with E-state index in [1.54, 1.807) is 0 Å². The van der Waals surface area contributed by atoms with Crippen molar-refractivity contribution in [1.82, 2.24) is 10.6 Å². The van der Waals surface area contributed by atoms with Gasteiger partial charge in [-0.3, -0.25) is 0 Å². The van der Waals surface area contributed by atoms with E-state index in [-0.39, 0.29) is 0 Å². The van der Waals surface area contributed by atoms with Crippen LogP contribution in [0.2, 0.25) is 0 Å². The van der Waals surface area contributed by atoms with Gasteiger partial charge >= 0.3 is 0 Å². The normalized spacial score (nSPS) is 47.1. The first kappa shape index (κ1) is 6.62. The Morgan fingerprint density at radius 3 is 3.20 bits per heavy atom. The molecule has 2 fully saturated rings. The summed E-state index contributed by atoms with van der Waals surface area (Å²) in [5.74, 6) is 0.909. The first-order valence-corrected chi connectivity index (χ1v) is 4.33. The zero-order valence-electron chi connectivity index (χ0n) is 6.56. The molecular formula is C8H16N2. The topological polar surface area (TPSA) is 24.1 Å². The molecule has 2 nitrogen and oxygen atoms in total. The SMILES string of the molecule is CC1CC2CNCCC1N2. The molecule has 0 aromatic heterocycles. The van der Waals surface area contributed by atoms with Crippen LogP contribution in [0.3, 0.4) is 0 Å². The van der Waals surface area contributed by atoms with Crippen molar-refractivity contribution in [3.05, 3.63) is 0 Å². The molecule has 2 saturated heterocycles. The van der Waals surface area contributed by atoms with Gasteiger partial charge in [-0.15, -0.1) is 0 Å². The van der Waals surface area contributed by atoms with Crippen LogP contribution in [0.15, 0.2) is 0 Å². The zero-order valence-corrected chi connectivity index (χ0v) is 6.56. The highest BCUT2D eigenvalue weighted by Crippen LogP contribution is 2.23. The van der Waals surface area contributed by atoms with Gasteiger partial charge in [0.2, 0.25) is 0 Å². The van der Waals surface area contributed by atoms with Gasteiger partial charge in [0.05, 0.1) is 0 Å². The average Bonchev–Trinajstić information content (AvgIpc) is 2.18. The fraction of sp³-hybridized carbons (Fsp3) is 1.00. The fourth-order valence-corrected chi connectivity index (χ4v) is 2.19. The molecule has 0 aliphatic carbocycles. The molecule has 0 aromatic rings. The number of nitrogens with one attached hydrogen (secondary N) is 2. The summed E-state index contributed by atoms with van der Waals surface area (Å²) < 4.78 is 0. The Morgan fingerprint density at radius 2 is 2.30 bits per heavy atom. The maximum Gasteiger partial charge on any atom is 0.0198 e. The molecule has 10 heavy (non-hydrogen) atoms. The molecule has 0 aromatic carbocycles. The van der Waals surface area contributed by atoms with Gasteiger partial charge in [-0.2, -0.15) is 0 Å². The molecule has 0 amide bonds. The van der Waals surface area contributed by atoms with Gasteiger partial charge in [-0.05, 0) is 25.3 Å². The molecule has 2 aliphatic heterocycles. The minimum atomic E-state index is 0.766. The average molecular weight is 140 g/mol. The number of hydrogen-bond donors (Lipinski definition) is 2. The lowest BCUT2D eigenvalue weighted by molar-refractivity contribution is 0.447. The minimum Gasteiger partial charge on any atom is -0.315 e. The number of hydrogen-bond acceptors (Lipinski definition) is 2. The van der Waals surface area contributed by atoms with Gasteiger partial charge in [0, 0.05) is 18.6 Å². The van der Waals surface area contributed by atoms with Gasteiger partial charge < -0.3 is 10.6 Å². The molecule has 2 N–H and O–H groups in total. The molecule has 2 heteroatoms. The molecule has 2 bridgehead atoms. The maximum atomic E-state index is 3.64. The van der Waals surface area contributed by atoms with E-state index in [0.717, 1.165) is 18.0 Å². The Hall–Kier alpha value is -0.0800. The van der Waals surface area contributed by atoms with Gasteiger partial charge in [0.1, 0.15) is 0 Å². The van der Waals surface area contributed by atoms with Gasteiger partial charge in [-0.1, -0.05) is 6.92 Å². The van der Waals surface area contributed by atoms with Crippen LogP contribution in [0.1, 0.15) is 19.8 Å². The highest BCUT2D eigenvalue weighted by molar-refractivity contribution is 4.92. The molecule has 0 spiro atoms. The standard InChI is InChI=1S/C8H16N2/c1-6-4-7-5-9-3-2-8(6)10-7/h6-10H,2-5H2,1H3. The lowest BCUT2D eigenvalue weighted by Crippen LogP contribution is -2.32. The smallest absolute Gasteiger partial charge is 0.0198 e. The minimum absolute atomic E-state index is 0.766. The van der Waals surface area contributed by atoms with E-state index in [0.29, 0.717) is 0 Å². The Kier molecular flexibility index (Phi) is 1.66. The summed E-state index contributed by atoms with van der Waals surface area (Å²) in [7, 11) is 0. The van der Waals surface area contributed by atoms with Gasteiger partial charge in [0.25, 0.3) is 0 Å². The summed E-state index contributed by atoms with van der Waals surface area (Å²) >= 11 is 0. The van der Waals surface area contributed by atoms with Gasteiger partial charge in [-0.25, -0.2) is 0 Å². The summed E-state index contributed by atoms with van der Waals surface area (Å²) in [5.41, 5.74) is 0. The Labute approximate surface area is 62.4 Å². The second kappa shape index (κ2) is 2.51. The predicted octanol–water partition coefficient (Wildman–Crippen LogP) is 0.346. The first-order valence-electron chi connectivity index (χ1n) is 4.33. The molecule has 2 aliphatic rings. The van der Waals surface area contributed by atoms with Crippen LogP contribution in [0.5, 0.6) is 0 Å². The lowest BCUT2D eigenvalue weighted by atomic mass is 9.98. The van der Waals surface area contributed by atoms with Crippen molar-refractivity contribution >= 4 is 0 Å². The van der Waals surface area contributed by atoms with Crippen LogP contribution in [0, 0.1) is 5.92 Å². The summed E-state index contributed by atoms with van der Waals surface area (Å²) in [5, 5.41) is 7.08. The van der Waals surface area contributed by atoms with E-state index in [2.05, 4.69) is 17.6 Å². The third-order valence-electron chi connectivity index (χ3n) is 2.82. The summed E-state index contributed by atoms with van der Waals surface area (Å²) in [6.07, 6.45) is 2.69. The van der Waals surface area contributed by atoms with Crippen molar-refractivity contribution < 1.29 is 0 Å². The maximum absolute atomic E-state index is 3.64. The van der Waals surface area contributed by atoms with Crippen LogP contribution >= 0.6 is 0 Å². The highest BCUT2D eigenvalue weighted by atomic mass is 15.1. The van der Waals surface area contributed by atoms with Crippen molar-refractivity contribution in [2.45, 2.75) is 31.8 Å². The molecule has 58 valence electrons. The molecule has 2 rings (SSSR count). The van der Waals surface area contributed by atoms with E-state index < -0.39 is 0 Å². The highest BCUT2D eigenvalue weighted by Gasteiger charge is 2.31. The third kappa shape index (κ3) is 1.06. The van der Waals surface area contributed by atoms with Crippen molar-refractivity contribution in [3.8, 4) is 0 Å². The van der Waals surface area contributed by atoms with Crippen molar-refractivity contribution in [2.24, 2.45) is 5.92 Å². The van der Waals surface area contributed by atoms with Crippen LogP contribution in [0.4, 0.5) is 0 Å². The van der Waals surface area contributed by atoms with Crippen LogP contribution in [-0.2, 0) is 0 Å². The lowest BCUT2D eigenvalue weighted by Gasteiger charge is -2.13. The summed E-state index contributed by atoms with van der Waals surface area (Å²) in [6, 6.07) is 1.57. The van der Waals surface area contributed by atoms with E-state index >= 15 is 0 Å². The summed E-state index contributed by atoms with van der Waals surface area (Å²) in [4.78, 5) is 0. The van der Waals surface area contributed by atoms with Crippen LogP contribution in [-0.4, -0.2) is 25.2 Å². The molecule has 0 saturated carbocycles. The Bertz CT molecular complexity index is 124. The van der Waals surface area contributed by atoms with E-state index in [9.17, 15) is 0 Å². The monoisotopic (exact) mass is 140 g/mol. The van der Waals surface area contributed by atoms with Crippen molar-refractivity contribution in [2.75, 3.05) is 13.1 Å². The number of rotatable bonds is 0. The van der Waals surface area contributed by atoms with Crippen LogP contribution in [0.25, 0.3) is 0 Å². The molecule has 2 heterocycles. The third-order valence-corrected chi connectivity index (χ3v) is 2.82. The largest absolute Gasteiger partial charge is 0.315 e. The van der Waals surface area contributed by atoms with Gasteiger partial charge in [0.15, 0.2) is 0 Å². The molecule has 3 unspecified atom stereocenters. The molecular weight excluding hydrogens is 124 g/mol. The first-order chi connectivity index (χ1) is 4.86. The molecule has 0 radical (unpaired) electrons. The quantitative estimate of drug-likeness (QED) is 0.507. The van der Waals surface area contributed by atoms with Crippen LogP contribution < -0.4 is 10.6 Å². The molecule has 3 atom stereocenters. The second-order valence-electron chi connectivity index (χ2n) is 3.68. The fourth-order valence-electron chi connectivity index (χ4n) is 2.19. The Morgan fingerprint density at radius 1 is 1.40 bits per heavy atom. The van der Waals surface area contributed by atoms with Crippen molar-refractivity contribution in [1.29, 1.82) is 0 Å². The zero-order chi connectivity index (χ0) is 6.97. The van der Waals surface area contributed by atoms with E-state index in [4.69, 9.17) is 0 Å². The number of fused-ring (bicyclic) bond motifs is 2. The predicted molar refractivity (Wildman–Crippen MR) is 42.0 cm³/mol. The Balaban J connectivity index is 2.03. The van der Waals surface area contributed by atoms with E-state index in [1.165, 1.54) is 25.9 Å². The van der Waals surface area contributed by atoms with Crippen molar-refractivity contribution in [3.63, 3.8) is 0 Å². The van der Waals surface area contributed by atoms with E-state index in [1.807, 2.05) is 0 Å². The summed E-state index contributed by atoms with van der Waals surface area (Å²) in [6.45, 7) is 4.75.